The lowest BCUT2D eigenvalue weighted by molar-refractivity contribution is 0.0945. The molecule has 2 fully saturated rings. The Kier molecular flexibility index (Phi) is 3.83. The normalized spacial score (nSPS) is 23.2. The number of piperidine rings is 2. The van der Waals surface area contributed by atoms with Crippen LogP contribution in [0.2, 0.25) is 5.02 Å². The van der Waals surface area contributed by atoms with Crippen molar-refractivity contribution in [3.63, 3.8) is 0 Å². The summed E-state index contributed by atoms with van der Waals surface area (Å²) in [6, 6.07) is 5.86. The molecule has 2 aliphatic heterocycles. The van der Waals surface area contributed by atoms with Crippen molar-refractivity contribution in [1.29, 1.82) is 0 Å². The van der Waals surface area contributed by atoms with E-state index in [0.717, 1.165) is 29.5 Å². The summed E-state index contributed by atoms with van der Waals surface area (Å²) in [5.41, 5.74) is 8.24. The van der Waals surface area contributed by atoms with Gasteiger partial charge < -0.3 is 15.5 Å². The van der Waals surface area contributed by atoms with Crippen molar-refractivity contribution in [3.05, 3.63) is 23.2 Å². The third kappa shape index (κ3) is 2.75. The molecule has 0 amide bonds. The molecule has 1 spiro atoms. The largest absolute Gasteiger partial charge is 0.399 e. The Hall–Kier alpha value is -0.930. The molecule has 0 saturated carbocycles. The highest BCUT2D eigenvalue weighted by molar-refractivity contribution is 6.33. The number of nitrogens with two attached hydrogens (primary N) is 1. The van der Waals surface area contributed by atoms with E-state index >= 15 is 0 Å². The van der Waals surface area contributed by atoms with Crippen molar-refractivity contribution >= 4 is 23.0 Å². The first-order valence-electron chi connectivity index (χ1n) is 7.57. The molecule has 0 aromatic heterocycles. The van der Waals surface area contributed by atoms with Gasteiger partial charge in [0, 0.05) is 18.8 Å². The Bertz CT molecular complexity index is 471. The number of benzene rings is 1. The van der Waals surface area contributed by atoms with Crippen LogP contribution < -0.4 is 10.6 Å². The van der Waals surface area contributed by atoms with Gasteiger partial charge in [0.2, 0.25) is 0 Å². The van der Waals surface area contributed by atoms with Gasteiger partial charge in [-0.3, -0.25) is 0 Å². The number of halogens is 1. The van der Waals surface area contributed by atoms with E-state index in [0.29, 0.717) is 5.41 Å². The first-order chi connectivity index (χ1) is 9.58. The highest BCUT2D eigenvalue weighted by Gasteiger charge is 2.37. The number of likely N-dealkylation sites (tertiary alicyclic amines) is 1. The van der Waals surface area contributed by atoms with Crippen molar-refractivity contribution < 1.29 is 0 Å². The van der Waals surface area contributed by atoms with Crippen LogP contribution in [0.1, 0.15) is 25.7 Å². The lowest BCUT2D eigenvalue weighted by Crippen LogP contribution is -2.46. The zero-order valence-electron chi connectivity index (χ0n) is 12.2. The van der Waals surface area contributed by atoms with Crippen molar-refractivity contribution in [2.45, 2.75) is 25.7 Å². The summed E-state index contributed by atoms with van der Waals surface area (Å²) < 4.78 is 0. The van der Waals surface area contributed by atoms with Gasteiger partial charge in [0.1, 0.15) is 0 Å². The van der Waals surface area contributed by atoms with Crippen molar-refractivity contribution in [2.24, 2.45) is 5.41 Å². The molecule has 2 saturated heterocycles. The summed E-state index contributed by atoms with van der Waals surface area (Å²) in [6.45, 7) is 4.74. The van der Waals surface area contributed by atoms with Crippen LogP contribution in [0.15, 0.2) is 18.2 Å². The molecule has 110 valence electrons. The van der Waals surface area contributed by atoms with E-state index in [2.05, 4.69) is 22.9 Å². The lowest BCUT2D eigenvalue weighted by atomic mass is 9.71. The van der Waals surface area contributed by atoms with Crippen LogP contribution in [-0.4, -0.2) is 38.1 Å². The average Bonchev–Trinajstić information content (AvgIpc) is 2.44. The van der Waals surface area contributed by atoms with Crippen LogP contribution in [0.5, 0.6) is 0 Å². The van der Waals surface area contributed by atoms with Crippen LogP contribution >= 0.6 is 11.6 Å². The van der Waals surface area contributed by atoms with E-state index in [9.17, 15) is 0 Å². The van der Waals surface area contributed by atoms with E-state index in [-0.39, 0.29) is 0 Å². The van der Waals surface area contributed by atoms with Gasteiger partial charge in [-0.1, -0.05) is 11.6 Å². The first kappa shape index (κ1) is 14.0. The van der Waals surface area contributed by atoms with Crippen LogP contribution in [0.4, 0.5) is 11.4 Å². The molecule has 0 radical (unpaired) electrons. The Morgan fingerprint density at radius 2 is 1.65 bits per heavy atom. The molecule has 0 aliphatic carbocycles. The summed E-state index contributed by atoms with van der Waals surface area (Å²) in [5, 5.41) is 0.782. The Balaban J connectivity index is 1.66. The molecule has 0 unspecified atom stereocenters. The van der Waals surface area contributed by atoms with E-state index in [1.54, 1.807) is 0 Å². The predicted octanol–water partition coefficient (Wildman–Crippen LogP) is 3.23. The molecule has 0 atom stereocenters. The lowest BCUT2D eigenvalue weighted by Gasteiger charge is -2.47. The summed E-state index contributed by atoms with van der Waals surface area (Å²) in [7, 11) is 2.23. The quantitative estimate of drug-likeness (QED) is 0.807. The minimum atomic E-state index is 0.587. The molecule has 1 aromatic carbocycles. The fourth-order valence-electron chi connectivity index (χ4n) is 3.59. The summed E-state index contributed by atoms with van der Waals surface area (Å²) in [6.07, 6.45) is 5.29. The predicted molar refractivity (Wildman–Crippen MR) is 86.5 cm³/mol. The summed E-state index contributed by atoms with van der Waals surface area (Å²) in [4.78, 5) is 4.87. The molecule has 3 rings (SSSR count). The standard InChI is InChI=1S/C16H24ClN3/c1-19-8-4-16(5-9-19)6-10-20(11-7-16)15-3-2-13(18)12-14(15)17/h2-3,12H,4-11,18H2,1H3. The second kappa shape index (κ2) is 5.45. The number of rotatable bonds is 1. The monoisotopic (exact) mass is 293 g/mol. The number of hydrogen-bond acceptors (Lipinski definition) is 3. The van der Waals surface area contributed by atoms with Crippen LogP contribution in [0.3, 0.4) is 0 Å². The van der Waals surface area contributed by atoms with Gasteiger partial charge in [-0.15, -0.1) is 0 Å². The Morgan fingerprint density at radius 1 is 1.05 bits per heavy atom. The zero-order chi connectivity index (χ0) is 14.2. The van der Waals surface area contributed by atoms with Gasteiger partial charge in [-0.2, -0.15) is 0 Å². The minimum Gasteiger partial charge on any atom is -0.399 e. The van der Waals surface area contributed by atoms with E-state index < -0.39 is 0 Å². The average molecular weight is 294 g/mol. The zero-order valence-corrected chi connectivity index (χ0v) is 13.0. The molecule has 2 N–H and O–H groups in total. The molecule has 20 heavy (non-hydrogen) atoms. The molecule has 2 aliphatic rings. The van der Waals surface area contributed by atoms with Crippen LogP contribution in [-0.2, 0) is 0 Å². The van der Waals surface area contributed by atoms with Gasteiger partial charge in [0.15, 0.2) is 0 Å². The van der Waals surface area contributed by atoms with Gasteiger partial charge in [-0.05, 0) is 69.4 Å². The van der Waals surface area contributed by atoms with Crippen LogP contribution in [0, 0.1) is 5.41 Å². The third-order valence-electron chi connectivity index (χ3n) is 5.18. The number of nitrogen functional groups attached to an aromatic ring is 1. The Morgan fingerprint density at radius 3 is 2.25 bits per heavy atom. The number of hydrogen-bond donors (Lipinski definition) is 1. The number of nitrogens with zero attached hydrogens (tertiary/aromatic N) is 2. The fourth-order valence-corrected chi connectivity index (χ4v) is 3.90. The van der Waals surface area contributed by atoms with Crippen LogP contribution in [0.25, 0.3) is 0 Å². The molecule has 4 heteroatoms. The van der Waals surface area contributed by atoms with Crippen molar-refractivity contribution in [3.8, 4) is 0 Å². The highest BCUT2D eigenvalue weighted by Crippen LogP contribution is 2.42. The maximum absolute atomic E-state index is 6.33. The highest BCUT2D eigenvalue weighted by atomic mass is 35.5. The maximum Gasteiger partial charge on any atom is 0.0660 e. The SMILES string of the molecule is CN1CCC2(CC1)CCN(c1ccc(N)cc1Cl)CC2. The minimum absolute atomic E-state index is 0.587. The van der Waals surface area contributed by atoms with E-state index in [1.807, 2.05) is 12.1 Å². The van der Waals surface area contributed by atoms with Gasteiger partial charge in [0.05, 0.1) is 10.7 Å². The summed E-state index contributed by atoms with van der Waals surface area (Å²) in [5.74, 6) is 0. The fraction of sp³-hybridized carbons (Fsp3) is 0.625. The topological polar surface area (TPSA) is 32.5 Å². The smallest absolute Gasteiger partial charge is 0.0660 e. The molecule has 2 heterocycles. The molecule has 1 aromatic rings. The summed E-state index contributed by atoms with van der Waals surface area (Å²) >= 11 is 6.33. The second-order valence-electron chi connectivity index (χ2n) is 6.50. The maximum atomic E-state index is 6.33. The second-order valence-corrected chi connectivity index (χ2v) is 6.91. The van der Waals surface area contributed by atoms with Gasteiger partial charge in [0.25, 0.3) is 0 Å². The molecule has 0 bridgehead atoms. The van der Waals surface area contributed by atoms with E-state index in [1.165, 1.54) is 38.8 Å². The Labute approximate surface area is 126 Å². The third-order valence-corrected chi connectivity index (χ3v) is 5.49. The van der Waals surface area contributed by atoms with Crippen molar-refractivity contribution in [2.75, 3.05) is 43.9 Å². The van der Waals surface area contributed by atoms with Gasteiger partial charge in [-0.25, -0.2) is 0 Å². The number of anilines is 2. The van der Waals surface area contributed by atoms with E-state index in [4.69, 9.17) is 17.3 Å². The first-order valence-corrected chi connectivity index (χ1v) is 7.94. The van der Waals surface area contributed by atoms with Crippen molar-refractivity contribution in [1.82, 2.24) is 4.90 Å². The molecule has 3 nitrogen and oxygen atoms in total. The van der Waals surface area contributed by atoms with Gasteiger partial charge >= 0.3 is 0 Å². The molecular formula is C16H24ClN3. The molecular weight excluding hydrogens is 270 g/mol.